The van der Waals surface area contributed by atoms with E-state index in [0.717, 1.165) is 54.2 Å². The number of aryl methyl sites for hydroxylation is 1. The first-order valence-electron chi connectivity index (χ1n) is 10.6. The zero-order valence-corrected chi connectivity index (χ0v) is 18.0. The fourth-order valence-corrected chi connectivity index (χ4v) is 3.84. The van der Waals surface area contributed by atoms with Crippen molar-refractivity contribution >= 4 is 22.5 Å². The van der Waals surface area contributed by atoms with Crippen LogP contribution in [0.25, 0.3) is 28.1 Å². The Morgan fingerprint density at radius 3 is 2.45 bits per heavy atom. The molecule has 3 aromatic heterocycles. The van der Waals surface area contributed by atoms with Gasteiger partial charge in [-0.1, -0.05) is 12.1 Å². The van der Waals surface area contributed by atoms with E-state index in [-0.39, 0.29) is 6.61 Å². The lowest BCUT2D eigenvalue weighted by Gasteiger charge is -2.20. The molecule has 8 nitrogen and oxygen atoms in total. The van der Waals surface area contributed by atoms with Crippen molar-refractivity contribution in [2.45, 2.75) is 39.2 Å². The fourth-order valence-electron chi connectivity index (χ4n) is 3.84. The molecule has 1 aliphatic rings. The van der Waals surface area contributed by atoms with Crippen LogP contribution in [0.4, 0.5) is 5.82 Å². The quantitative estimate of drug-likeness (QED) is 0.531. The third kappa shape index (κ3) is 3.90. The largest absolute Gasteiger partial charge is 0.474 e. The minimum Gasteiger partial charge on any atom is -0.474 e. The van der Waals surface area contributed by atoms with Crippen LogP contribution < -0.4 is 9.64 Å². The zero-order valence-electron chi connectivity index (χ0n) is 18.0. The standard InChI is InChI=1S/C23H26N6O2/c1-15-22(25-17-9-5-4-8-16(17)24-15)18-12-20-26-19(28-10-6-7-11-28)13-21(29(20)27-18)31-14-23(2,3)30/h4-5,8-9,12-13,30H,6-7,10-11,14H2,1-3H3. The monoisotopic (exact) mass is 418 g/mol. The summed E-state index contributed by atoms with van der Waals surface area (Å²) < 4.78 is 7.66. The molecule has 0 spiro atoms. The summed E-state index contributed by atoms with van der Waals surface area (Å²) in [5, 5.41) is 14.9. The summed E-state index contributed by atoms with van der Waals surface area (Å²) in [4.78, 5) is 16.6. The lowest BCUT2D eigenvalue weighted by molar-refractivity contribution is 0.0260. The van der Waals surface area contributed by atoms with Gasteiger partial charge in [-0.3, -0.25) is 0 Å². The Bertz CT molecular complexity index is 1250. The number of hydrogen-bond acceptors (Lipinski definition) is 7. The molecule has 0 amide bonds. The lowest BCUT2D eigenvalue weighted by Crippen LogP contribution is -2.28. The molecule has 1 fully saturated rings. The number of anilines is 1. The van der Waals surface area contributed by atoms with Crippen LogP contribution >= 0.6 is 0 Å². The number of nitrogens with zero attached hydrogens (tertiary/aromatic N) is 6. The number of para-hydroxylation sites is 2. The molecule has 0 atom stereocenters. The van der Waals surface area contributed by atoms with Gasteiger partial charge in [0.05, 0.1) is 22.3 Å². The van der Waals surface area contributed by atoms with E-state index in [1.807, 2.05) is 43.3 Å². The van der Waals surface area contributed by atoms with Crippen molar-refractivity contribution in [3.05, 3.63) is 42.1 Å². The second-order valence-corrected chi connectivity index (χ2v) is 8.69. The molecule has 0 unspecified atom stereocenters. The van der Waals surface area contributed by atoms with E-state index in [0.29, 0.717) is 17.2 Å². The van der Waals surface area contributed by atoms with Crippen molar-refractivity contribution in [2.75, 3.05) is 24.6 Å². The number of ether oxygens (including phenoxy) is 1. The average molecular weight is 419 g/mol. The minimum atomic E-state index is -0.959. The van der Waals surface area contributed by atoms with E-state index in [9.17, 15) is 5.11 Å². The molecule has 1 N–H and O–H groups in total. The highest BCUT2D eigenvalue weighted by molar-refractivity contribution is 5.78. The van der Waals surface area contributed by atoms with E-state index in [2.05, 4.69) is 9.88 Å². The molecule has 1 aliphatic heterocycles. The number of rotatable bonds is 5. The number of hydrogen-bond donors (Lipinski definition) is 1. The van der Waals surface area contributed by atoms with Gasteiger partial charge < -0.3 is 14.7 Å². The first-order chi connectivity index (χ1) is 14.9. The van der Waals surface area contributed by atoms with Crippen molar-refractivity contribution in [1.82, 2.24) is 24.6 Å². The van der Waals surface area contributed by atoms with Gasteiger partial charge in [0, 0.05) is 25.2 Å². The van der Waals surface area contributed by atoms with Crippen LogP contribution in [0.15, 0.2) is 36.4 Å². The summed E-state index contributed by atoms with van der Waals surface area (Å²) in [5.74, 6) is 1.41. The molecule has 5 rings (SSSR count). The molecule has 4 aromatic rings. The Kier molecular flexibility index (Phi) is 4.74. The molecule has 0 radical (unpaired) electrons. The van der Waals surface area contributed by atoms with Crippen molar-refractivity contribution in [2.24, 2.45) is 0 Å². The Morgan fingerprint density at radius 1 is 1.03 bits per heavy atom. The fraction of sp³-hybridized carbons (Fsp3) is 0.391. The van der Waals surface area contributed by atoms with Gasteiger partial charge in [0.25, 0.3) is 0 Å². The van der Waals surface area contributed by atoms with Crippen LogP contribution in [0.5, 0.6) is 5.88 Å². The van der Waals surface area contributed by atoms with E-state index in [1.165, 1.54) is 0 Å². The highest BCUT2D eigenvalue weighted by Gasteiger charge is 2.21. The highest BCUT2D eigenvalue weighted by atomic mass is 16.5. The second-order valence-electron chi connectivity index (χ2n) is 8.69. The predicted molar refractivity (Wildman–Crippen MR) is 119 cm³/mol. The maximum atomic E-state index is 10.2. The van der Waals surface area contributed by atoms with E-state index >= 15 is 0 Å². The normalized spacial score (nSPS) is 14.6. The van der Waals surface area contributed by atoms with E-state index in [1.54, 1.807) is 18.4 Å². The third-order valence-electron chi connectivity index (χ3n) is 5.37. The predicted octanol–water partition coefficient (Wildman–Crippen LogP) is 3.40. The van der Waals surface area contributed by atoms with Crippen molar-refractivity contribution < 1.29 is 9.84 Å². The molecule has 1 saturated heterocycles. The Labute approximate surface area is 180 Å². The first-order valence-corrected chi connectivity index (χ1v) is 10.6. The minimum absolute atomic E-state index is 0.148. The Morgan fingerprint density at radius 2 is 1.74 bits per heavy atom. The Hall–Kier alpha value is -3.26. The van der Waals surface area contributed by atoms with Gasteiger partial charge in [-0.05, 0) is 45.7 Å². The molecular formula is C23H26N6O2. The van der Waals surface area contributed by atoms with Gasteiger partial charge >= 0.3 is 0 Å². The molecule has 0 aliphatic carbocycles. The van der Waals surface area contributed by atoms with Crippen LogP contribution in [0.2, 0.25) is 0 Å². The maximum Gasteiger partial charge on any atom is 0.220 e. The summed E-state index contributed by atoms with van der Waals surface area (Å²) in [6, 6.07) is 11.6. The number of benzene rings is 1. The molecular weight excluding hydrogens is 392 g/mol. The summed E-state index contributed by atoms with van der Waals surface area (Å²) in [5.41, 5.74) is 3.62. The van der Waals surface area contributed by atoms with E-state index in [4.69, 9.17) is 19.8 Å². The number of aromatic nitrogens is 5. The van der Waals surface area contributed by atoms with Gasteiger partial charge in [-0.15, -0.1) is 0 Å². The molecule has 8 heteroatoms. The van der Waals surface area contributed by atoms with Crippen molar-refractivity contribution in [3.63, 3.8) is 0 Å². The summed E-state index contributed by atoms with van der Waals surface area (Å²) in [7, 11) is 0. The van der Waals surface area contributed by atoms with Gasteiger partial charge in [-0.2, -0.15) is 9.61 Å². The van der Waals surface area contributed by atoms with Gasteiger partial charge in [0.1, 0.15) is 23.8 Å². The molecule has 4 heterocycles. The SMILES string of the molecule is Cc1nc2ccccc2nc1-c1cc2nc(N3CCCC3)cc(OCC(C)(C)O)n2n1. The average Bonchev–Trinajstić information content (AvgIpc) is 3.40. The van der Waals surface area contributed by atoms with Crippen molar-refractivity contribution in [3.8, 4) is 17.3 Å². The van der Waals surface area contributed by atoms with Crippen LogP contribution in [0, 0.1) is 6.92 Å². The molecule has 160 valence electrons. The third-order valence-corrected chi connectivity index (χ3v) is 5.37. The van der Waals surface area contributed by atoms with Gasteiger partial charge in [0.2, 0.25) is 5.88 Å². The van der Waals surface area contributed by atoms with Crippen LogP contribution in [0.1, 0.15) is 32.4 Å². The zero-order chi connectivity index (χ0) is 21.6. The molecule has 0 saturated carbocycles. The summed E-state index contributed by atoms with van der Waals surface area (Å²) in [6.07, 6.45) is 2.31. The molecule has 1 aromatic carbocycles. The first kappa shape index (κ1) is 19.7. The number of fused-ring (bicyclic) bond motifs is 2. The Balaban J connectivity index is 1.63. The topological polar surface area (TPSA) is 88.7 Å². The van der Waals surface area contributed by atoms with Crippen LogP contribution in [-0.2, 0) is 0 Å². The van der Waals surface area contributed by atoms with Crippen molar-refractivity contribution in [1.29, 1.82) is 0 Å². The lowest BCUT2D eigenvalue weighted by atomic mass is 10.2. The summed E-state index contributed by atoms with van der Waals surface area (Å²) in [6.45, 7) is 7.47. The highest BCUT2D eigenvalue weighted by Crippen LogP contribution is 2.28. The van der Waals surface area contributed by atoms with E-state index < -0.39 is 5.60 Å². The molecule has 0 bridgehead atoms. The molecule has 31 heavy (non-hydrogen) atoms. The summed E-state index contributed by atoms with van der Waals surface area (Å²) >= 11 is 0. The van der Waals surface area contributed by atoms with Gasteiger partial charge in [-0.25, -0.2) is 15.0 Å². The smallest absolute Gasteiger partial charge is 0.220 e. The second kappa shape index (κ2) is 7.46. The number of aliphatic hydroxyl groups is 1. The van der Waals surface area contributed by atoms with Gasteiger partial charge in [0.15, 0.2) is 5.65 Å². The van der Waals surface area contributed by atoms with Crippen LogP contribution in [-0.4, -0.2) is 55.0 Å². The maximum absolute atomic E-state index is 10.2. The van der Waals surface area contributed by atoms with Crippen LogP contribution in [0.3, 0.4) is 0 Å².